The number of ether oxygens (including phenoxy) is 1. The molecule has 3 nitrogen and oxygen atoms in total. The molecule has 1 N–H and O–H groups in total. The molecular formula is C14H21NO2. The van der Waals surface area contributed by atoms with Crippen molar-refractivity contribution in [1.82, 2.24) is 5.32 Å². The van der Waals surface area contributed by atoms with Crippen molar-refractivity contribution in [3.63, 3.8) is 0 Å². The summed E-state index contributed by atoms with van der Waals surface area (Å²) in [6.45, 7) is 5.94. The van der Waals surface area contributed by atoms with Crippen LogP contribution in [0.25, 0.3) is 0 Å². The Morgan fingerprint density at radius 2 is 1.94 bits per heavy atom. The lowest BCUT2D eigenvalue weighted by Crippen LogP contribution is -2.40. The monoisotopic (exact) mass is 235 g/mol. The highest BCUT2D eigenvalue weighted by Crippen LogP contribution is 2.18. The maximum atomic E-state index is 11.7. The van der Waals surface area contributed by atoms with E-state index in [0.29, 0.717) is 12.8 Å². The van der Waals surface area contributed by atoms with Crippen molar-refractivity contribution in [2.24, 2.45) is 0 Å². The second-order valence-corrected chi connectivity index (χ2v) is 5.11. The minimum absolute atomic E-state index is 0.0726. The van der Waals surface area contributed by atoms with Gasteiger partial charge in [-0.1, -0.05) is 18.2 Å². The van der Waals surface area contributed by atoms with E-state index in [0.717, 1.165) is 11.3 Å². The van der Waals surface area contributed by atoms with E-state index >= 15 is 0 Å². The summed E-state index contributed by atoms with van der Waals surface area (Å²) in [5.41, 5.74) is 0.900. The molecule has 3 heteroatoms. The second kappa shape index (κ2) is 5.71. The third kappa shape index (κ3) is 4.89. The third-order valence-corrected chi connectivity index (χ3v) is 2.33. The first kappa shape index (κ1) is 13.6. The zero-order valence-corrected chi connectivity index (χ0v) is 11.0. The molecule has 1 aromatic rings. The number of methoxy groups -OCH3 is 1. The average Bonchev–Trinajstić information content (AvgIpc) is 2.24. The van der Waals surface area contributed by atoms with Crippen molar-refractivity contribution in [3.05, 3.63) is 29.8 Å². The highest BCUT2D eigenvalue weighted by molar-refractivity contribution is 5.77. The van der Waals surface area contributed by atoms with Crippen molar-refractivity contribution < 1.29 is 9.53 Å². The Morgan fingerprint density at radius 1 is 1.29 bits per heavy atom. The standard InChI is InChI=1S/C14H21NO2/c1-14(2,3)15-13(16)10-9-11-7-5-6-8-12(11)17-4/h5-8H,9-10H2,1-4H3,(H,15,16). The van der Waals surface area contributed by atoms with Crippen LogP contribution in [0, 0.1) is 0 Å². The number of hydrogen-bond acceptors (Lipinski definition) is 2. The fraction of sp³-hybridized carbons (Fsp3) is 0.500. The molecule has 1 aromatic carbocycles. The topological polar surface area (TPSA) is 38.3 Å². The third-order valence-electron chi connectivity index (χ3n) is 2.33. The molecule has 17 heavy (non-hydrogen) atoms. The first-order chi connectivity index (χ1) is 7.92. The first-order valence-corrected chi connectivity index (χ1v) is 5.85. The number of amides is 1. The van der Waals surface area contributed by atoms with Gasteiger partial charge < -0.3 is 10.1 Å². The predicted octanol–water partition coefficient (Wildman–Crippen LogP) is 2.54. The minimum atomic E-state index is -0.169. The van der Waals surface area contributed by atoms with Gasteiger partial charge in [-0.3, -0.25) is 4.79 Å². The summed E-state index contributed by atoms with van der Waals surface area (Å²) in [4.78, 5) is 11.7. The first-order valence-electron chi connectivity index (χ1n) is 5.85. The van der Waals surface area contributed by atoms with E-state index < -0.39 is 0 Å². The summed E-state index contributed by atoms with van der Waals surface area (Å²) in [5.74, 6) is 0.916. The predicted molar refractivity (Wildman–Crippen MR) is 69.2 cm³/mol. The molecule has 0 saturated heterocycles. The van der Waals surface area contributed by atoms with Crippen LogP contribution in [0.2, 0.25) is 0 Å². The van der Waals surface area contributed by atoms with Gasteiger partial charge in [0.2, 0.25) is 5.91 Å². The van der Waals surface area contributed by atoms with Crippen LogP contribution in [0.15, 0.2) is 24.3 Å². The van der Waals surface area contributed by atoms with Gasteiger partial charge in [0.05, 0.1) is 7.11 Å². The molecule has 1 rings (SSSR count). The Kier molecular flexibility index (Phi) is 4.55. The largest absolute Gasteiger partial charge is 0.496 e. The average molecular weight is 235 g/mol. The second-order valence-electron chi connectivity index (χ2n) is 5.11. The van der Waals surface area contributed by atoms with Crippen molar-refractivity contribution in [1.29, 1.82) is 0 Å². The molecule has 0 atom stereocenters. The SMILES string of the molecule is COc1ccccc1CCC(=O)NC(C)(C)C. The Balaban J connectivity index is 2.53. The van der Waals surface area contributed by atoms with Crippen molar-refractivity contribution >= 4 is 5.91 Å². The Labute approximate surface area is 103 Å². The van der Waals surface area contributed by atoms with Crippen LogP contribution in [0.5, 0.6) is 5.75 Å². The van der Waals surface area contributed by atoms with Gasteiger partial charge in [-0.2, -0.15) is 0 Å². The highest BCUT2D eigenvalue weighted by atomic mass is 16.5. The van der Waals surface area contributed by atoms with Gasteiger partial charge in [0.1, 0.15) is 5.75 Å². The Bertz CT molecular complexity index is 380. The van der Waals surface area contributed by atoms with Gasteiger partial charge in [-0.05, 0) is 38.8 Å². The van der Waals surface area contributed by atoms with Crippen LogP contribution in [0.3, 0.4) is 0 Å². The number of rotatable bonds is 4. The van der Waals surface area contributed by atoms with Gasteiger partial charge in [-0.25, -0.2) is 0 Å². The molecular weight excluding hydrogens is 214 g/mol. The smallest absolute Gasteiger partial charge is 0.220 e. The Hall–Kier alpha value is -1.51. The van der Waals surface area contributed by atoms with Crippen molar-refractivity contribution in [2.45, 2.75) is 39.2 Å². The van der Waals surface area contributed by atoms with Crippen LogP contribution < -0.4 is 10.1 Å². The van der Waals surface area contributed by atoms with E-state index in [1.165, 1.54) is 0 Å². The summed E-state index contributed by atoms with van der Waals surface area (Å²) in [7, 11) is 1.65. The Morgan fingerprint density at radius 3 is 2.53 bits per heavy atom. The molecule has 0 aliphatic rings. The van der Waals surface area contributed by atoms with Gasteiger partial charge in [0.25, 0.3) is 0 Å². The zero-order chi connectivity index (χ0) is 12.9. The number of benzene rings is 1. The quantitative estimate of drug-likeness (QED) is 0.871. The van der Waals surface area contributed by atoms with Gasteiger partial charge in [0.15, 0.2) is 0 Å². The van der Waals surface area contributed by atoms with Crippen LogP contribution in [-0.4, -0.2) is 18.6 Å². The molecule has 0 saturated carbocycles. The number of carbonyl (C=O) groups is 1. The summed E-state index contributed by atoms with van der Waals surface area (Å²) >= 11 is 0. The minimum Gasteiger partial charge on any atom is -0.496 e. The van der Waals surface area contributed by atoms with Gasteiger partial charge in [0, 0.05) is 12.0 Å². The molecule has 0 bridgehead atoms. The molecule has 0 aliphatic heterocycles. The van der Waals surface area contributed by atoms with Crippen molar-refractivity contribution in [2.75, 3.05) is 7.11 Å². The van der Waals surface area contributed by atoms with Crippen molar-refractivity contribution in [3.8, 4) is 5.75 Å². The van der Waals surface area contributed by atoms with Crippen LogP contribution in [0.4, 0.5) is 0 Å². The zero-order valence-electron chi connectivity index (χ0n) is 11.0. The summed E-state index contributed by atoms with van der Waals surface area (Å²) in [6.07, 6.45) is 1.18. The van der Waals surface area contributed by atoms with E-state index in [1.807, 2.05) is 45.0 Å². The van der Waals surface area contributed by atoms with E-state index in [2.05, 4.69) is 5.32 Å². The van der Waals surface area contributed by atoms with Gasteiger partial charge >= 0.3 is 0 Å². The summed E-state index contributed by atoms with van der Waals surface area (Å²) < 4.78 is 5.25. The number of aryl methyl sites for hydroxylation is 1. The molecule has 0 unspecified atom stereocenters. The fourth-order valence-corrected chi connectivity index (χ4v) is 1.64. The normalized spacial score (nSPS) is 11.1. The number of nitrogens with one attached hydrogen (secondary N) is 1. The molecule has 0 aromatic heterocycles. The number of hydrogen-bond donors (Lipinski definition) is 1. The summed E-state index contributed by atoms with van der Waals surface area (Å²) in [5, 5.41) is 2.95. The van der Waals surface area contributed by atoms with E-state index in [4.69, 9.17) is 4.74 Å². The maximum Gasteiger partial charge on any atom is 0.220 e. The van der Waals surface area contributed by atoms with Crippen LogP contribution in [0.1, 0.15) is 32.8 Å². The molecule has 0 heterocycles. The molecule has 94 valence electrons. The molecule has 0 fully saturated rings. The lowest BCUT2D eigenvalue weighted by molar-refractivity contribution is -0.122. The molecule has 0 radical (unpaired) electrons. The van der Waals surface area contributed by atoms with Crippen LogP contribution >= 0.6 is 0 Å². The molecule has 0 aliphatic carbocycles. The lowest BCUT2D eigenvalue weighted by Gasteiger charge is -2.20. The lowest BCUT2D eigenvalue weighted by atomic mass is 10.1. The maximum absolute atomic E-state index is 11.7. The highest BCUT2D eigenvalue weighted by Gasteiger charge is 2.13. The number of para-hydroxylation sites is 1. The number of carbonyl (C=O) groups excluding carboxylic acids is 1. The summed E-state index contributed by atoms with van der Waals surface area (Å²) in [6, 6.07) is 7.79. The fourth-order valence-electron chi connectivity index (χ4n) is 1.64. The van der Waals surface area contributed by atoms with Crippen LogP contribution in [-0.2, 0) is 11.2 Å². The van der Waals surface area contributed by atoms with E-state index in [1.54, 1.807) is 7.11 Å². The molecule has 1 amide bonds. The van der Waals surface area contributed by atoms with E-state index in [-0.39, 0.29) is 11.4 Å². The van der Waals surface area contributed by atoms with E-state index in [9.17, 15) is 4.79 Å². The molecule has 0 spiro atoms. The van der Waals surface area contributed by atoms with Gasteiger partial charge in [-0.15, -0.1) is 0 Å².